The molecule has 3 aromatic carbocycles. The Labute approximate surface area is 279 Å². The summed E-state index contributed by atoms with van der Waals surface area (Å²) in [5, 5.41) is 16.3. The van der Waals surface area contributed by atoms with Crippen LogP contribution in [-0.4, -0.2) is 66.4 Å². The molecule has 0 saturated heterocycles. The topological polar surface area (TPSA) is 194 Å². The fourth-order valence-electron chi connectivity index (χ4n) is 4.47. The minimum Gasteiger partial charge on any atom is -0.487 e. The lowest BCUT2D eigenvalue weighted by Gasteiger charge is -2.15. The molecule has 262 valence electrons. The molecular weight excluding hydrogens is 669 g/mol. The van der Waals surface area contributed by atoms with Gasteiger partial charge in [0.25, 0.3) is 20.2 Å². The largest absolute Gasteiger partial charge is 0.487 e. The zero-order valence-corrected chi connectivity index (χ0v) is 29.0. The van der Waals surface area contributed by atoms with Crippen molar-refractivity contribution < 1.29 is 49.7 Å². The monoisotopic (exact) mass is 709 g/mol. The molecule has 0 fully saturated rings. The van der Waals surface area contributed by atoms with Crippen molar-refractivity contribution >= 4 is 31.9 Å². The average Bonchev–Trinajstić information content (AvgIpc) is 3.32. The number of nitrogens with zero attached hydrogens (tertiary/aromatic N) is 2. The number of carboxylic acids is 1. The second-order valence-electron chi connectivity index (χ2n) is 10.7. The van der Waals surface area contributed by atoms with Crippen molar-refractivity contribution in [2.24, 2.45) is 7.05 Å². The molecule has 16 heteroatoms. The van der Waals surface area contributed by atoms with E-state index in [1.165, 1.54) is 6.07 Å². The summed E-state index contributed by atoms with van der Waals surface area (Å²) in [6.07, 6.45) is 1.51. The molecule has 4 rings (SSSR count). The van der Waals surface area contributed by atoms with Gasteiger partial charge in [-0.1, -0.05) is 24.3 Å². The van der Waals surface area contributed by atoms with Crippen molar-refractivity contribution in [1.82, 2.24) is 9.78 Å². The van der Waals surface area contributed by atoms with Crippen LogP contribution < -0.4 is 14.8 Å². The lowest BCUT2D eigenvalue weighted by molar-refractivity contribution is -0.136. The van der Waals surface area contributed by atoms with Gasteiger partial charge in [0, 0.05) is 31.8 Å². The number of benzene rings is 3. The molecule has 1 heterocycles. The van der Waals surface area contributed by atoms with Gasteiger partial charge in [-0.2, -0.15) is 16.8 Å². The molecule has 0 aliphatic rings. The zero-order chi connectivity index (χ0) is 36.2. The van der Waals surface area contributed by atoms with Crippen molar-refractivity contribution in [1.29, 1.82) is 0 Å². The van der Waals surface area contributed by atoms with Gasteiger partial charge in [-0.05, 0) is 84.0 Å². The zero-order valence-electron chi connectivity index (χ0n) is 27.4. The Bertz CT molecular complexity index is 1860. The van der Waals surface area contributed by atoms with E-state index in [2.05, 4.69) is 36.4 Å². The van der Waals surface area contributed by atoms with Gasteiger partial charge in [0.1, 0.15) is 18.2 Å². The van der Waals surface area contributed by atoms with Crippen molar-refractivity contribution in [3.63, 3.8) is 0 Å². The van der Waals surface area contributed by atoms with Gasteiger partial charge in [-0.3, -0.25) is 18.6 Å². The molecule has 0 bridgehead atoms. The third-order valence-corrected chi connectivity index (χ3v) is 6.43. The van der Waals surface area contributed by atoms with Gasteiger partial charge in [-0.15, -0.1) is 5.10 Å². The minimum absolute atomic E-state index is 0.0952. The van der Waals surface area contributed by atoms with E-state index < -0.39 is 32.0 Å². The molecule has 0 aliphatic carbocycles. The number of halogens is 1. The molecule has 1 aromatic heterocycles. The maximum absolute atomic E-state index is 14.4. The highest BCUT2D eigenvalue weighted by Crippen LogP contribution is 2.32. The molecule has 0 atom stereocenters. The number of rotatable bonds is 11. The first-order valence-electron chi connectivity index (χ1n) is 14.2. The molecule has 0 radical (unpaired) electrons. The number of aliphatic carboxylic acids is 1. The molecular formula is C32H40FN3O10S2. The summed E-state index contributed by atoms with van der Waals surface area (Å²) in [6.45, 7) is 5.05. The normalized spacial score (nSPS) is 11.0. The smallest absolute Gasteiger partial charge is 0.303 e. The summed E-state index contributed by atoms with van der Waals surface area (Å²) in [6, 6.07) is 19.0. The number of methoxy groups -OCH3 is 1. The molecule has 13 nitrogen and oxygen atoms in total. The number of carboxylic acid groups (broad SMARTS) is 1. The van der Waals surface area contributed by atoms with E-state index in [0.717, 1.165) is 39.3 Å². The van der Waals surface area contributed by atoms with Crippen LogP contribution in [0.5, 0.6) is 11.6 Å². The summed E-state index contributed by atoms with van der Waals surface area (Å²) in [4.78, 5) is 10.8. The van der Waals surface area contributed by atoms with E-state index in [-0.39, 0.29) is 12.8 Å². The molecule has 4 N–H and O–H groups in total. The average molecular weight is 710 g/mol. The first kappa shape index (κ1) is 39.7. The lowest BCUT2D eigenvalue weighted by atomic mass is 9.94. The van der Waals surface area contributed by atoms with E-state index in [4.69, 9.17) is 23.7 Å². The summed E-state index contributed by atoms with van der Waals surface area (Å²) in [7, 11) is -3.89. The van der Waals surface area contributed by atoms with Crippen molar-refractivity contribution in [3.8, 4) is 22.8 Å². The van der Waals surface area contributed by atoms with Crippen LogP contribution in [0.4, 0.5) is 10.1 Å². The van der Waals surface area contributed by atoms with E-state index in [1.807, 2.05) is 37.4 Å². The maximum atomic E-state index is 14.4. The number of hydrogen-bond acceptors (Lipinski definition) is 9. The molecule has 0 amide bonds. The summed E-state index contributed by atoms with van der Waals surface area (Å²) in [5.74, 6) is 0.00237. The van der Waals surface area contributed by atoms with E-state index in [0.29, 0.717) is 42.8 Å². The molecule has 4 aromatic rings. The highest BCUT2D eigenvalue weighted by atomic mass is 32.2. The quantitative estimate of drug-likeness (QED) is 0.151. The Morgan fingerprint density at radius 2 is 1.56 bits per heavy atom. The van der Waals surface area contributed by atoms with Crippen molar-refractivity contribution in [2.75, 3.05) is 24.9 Å². The van der Waals surface area contributed by atoms with Gasteiger partial charge < -0.3 is 19.9 Å². The van der Waals surface area contributed by atoms with Crippen molar-refractivity contribution in [2.45, 2.75) is 39.8 Å². The van der Waals surface area contributed by atoms with Crippen LogP contribution in [0.3, 0.4) is 0 Å². The minimum atomic E-state index is -3.67. The second-order valence-corrected chi connectivity index (χ2v) is 13.7. The van der Waals surface area contributed by atoms with Gasteiger partial charge >= 0.3 is 5.97 Å². The maximum Gasteiger partial charge on any atom is 0.303 e. The number of aromatic nitrogens is 2. The van der Waals surface area contributed by atoms with E-state index >= 15 is 0 Å². The Kier molecular flexibility index (Phi) is 14.5. The highest BCUT2D eigenvalue weighted by molar-refractivity contribution is 7.85. The van der Waals surface area contributed by atoms with Crippen LogP contribution in [0.15, 0.2) is 60.7 Å². The highest BCUT2D eigenvalue weighted by Gasteiger charge is 2.12. The molecule has 0 unspecified atom stereocenters. The standard InChI is InChI=1S/C30H32FN3O4.2CH4O3S/c1-19-12-26(38-18-25-16-28(37-4)33-34(25)3)13-20(2)30(19)23-7-5-6-21(14-23)17-32-24-10-8-22(27(31)15-24)9-11-29(35)36;2*1-5(2,3)4/h5-8,10,12-16,32H,9,11,17-18H2,1-4H3,(H,35,36);2*1H3,(H,2,3,4). The Morgan fingerprint density at radius 3 is 2.08 bits per heavy atom. The van der Waals surface area contributed by atoms with Crippen LogP contribution in [0.1, 0.15) is 34.4 Å². The SMILES string of the molecule is COc1cc(COc2cc(C)c(-c3cccc(CNc4ccc(CCC(=O)O)c(F)c4)c3)c(C)c2)n(C)n1.CS(=O)(=O)O.CS(=O)(=O)O. The molecule has 0 aliphatic heterocycles. The van der Waals surface area contributed by atoms with E-state index in [9.17, 15) is 26.0 Å². The third-order valence-electron chi connectivity index (χ3n) is 6.43. The summed E-state index contributed by atoms with van der Waals surface area (Å²) in [5.41, 5.74) is 7.47. The fourth-order valence-corrected chi connectivity index (χ4v) is 4.47. The van der Waals surface area contributed by atoms with Crippen LogP contribution in [-0.2, 0) is 51.7 Å². The van der Waals surface area contributed by atoms with Crippen molar-refractivity contribution in [3.05, 3.63) is 94.4 Å². The first-order chi connectivity index (χ1) is 22.2. The first-order valence-corrected chi connectivity index (χ1v) is 17.9. The van der Waals surface area contributed by atoms with Gasteiger partial charge in [0.05, 0.1) is 25.3 Å². The van der Waals surface area contributed by atoms with E-state index in [1.54, 1.807) is 23.9 Å². The number of carbonyl (C=O) groups is 1. The number of anilines is 1. The van der Waals surface area contributed by atoms with Gasteiger partial charge in [0.15, 0.2) is 0 Å². The fraction of sp³-hybridized carbons (Fsp3) is 0.312. The second kappa shape index (κ2) is 17.6. The van der Waals surface area contributed by atoms with Crippen LogP contribution >= 0.6 is 0 Å². The van der Waals surface area contributed by atoms with Crippen LogP contribution in [0, 0.1) is 19.7 Å². The Balaban J connectivity index is 0.000000700. The summed E-state index contributed by atoms with van der Waals surface area (Å²) >= 11 is 0. The predicted molar refractivity (Wildman–Crippen MR) is 180 cm³/mol. The molecule has 0 spiro atoms. The van der Waals surface area contributed by atoms with Crippen LogP contribution in [0.25, 0.3) is 11.1 Å². The van der Waals surface area contributed by atoms with Gasteiger partial charge in [-0.25, -0.2) is 4.39 Å². The Hall–Kier alpha value is -4.51. The van der Waals surface area contributed by atoms with Crippen LogP contribution in [0.2, 0.25) is 0 Å². The number of aryl methyl sites for hydroxylation is 4. The lowest BCUT2D eigenvalue weighted by Crippen LogP contribution is -2.04. The molecule has 0 saturated carbocycles. The Morgan fingerprint density at radius 1 is 0.958 bits per heavy atom. The predicted octanol–water partition coefficient (Wildman–Crippen LogP) is 5.07. The number of hydrogen-bond donors (Lipinski definition) is 4. The summed E-state index contributed by atoms with van der Waals surface area (Å²) < 4.78 is 79.1. The van der Waals surface area contributed by atoms with Gasteiger partial charge in [0.2, 0.25) is 5.88 Å². The third kappa shape index (κ3) is 14.9. The number of ether oxygens (including phenoxy) is 2. The number of nitrogens with one attached hydrogen (secondary N) is 1. The molecule has 48 heavy (non-hydrogen) atoms.